The van der Waals surface area contributed by atoms with Gasteiger partial charge in [0.2, 0.25) is 0 Å². The summed E-state index contributed by atoms with van der Waals surface area (Å²) < 4.78 is 0. The molecule has 3 rings (SSSR count). The molecule has 1 atom stereocenters. The van der Waals surface area contributed by atoms with Crippen LogP contribution >= 0.6 is 11.6 Å². The van der Waals surface area contributed by atoms with Crippen LogP contribution in [0.3, 0.4) is 0 Å². The van der Waals surface area contributed by atoms with Gasteiger partial charge in [-0.3, -0.25) is 4.98 Å². The zero-order chi connectivity index (χ0) is 22.6. The molecule has 7 heteroatoms. The van der Waals surface area contributed by atoms with Gasteiger partial charge in [-0.2, -0.15) is 0 Å². The van der Waals surface area contributed by atoms with E-state index in [0.29, 0.717) is 0 Å². The van der Waals surface area contributed by atoms with Gasteiger partial charge >= 0.3 is 11.9 Å². The molecule has 0 aliphatic rings. The summed E-state index contributed by atoms with van der Waals surface area (Å²) in [5.74, 6) is -3.65. The van der Waals surface area contributed by atoms with Crippen molar-refractivity contribution in [2.75, 3.05) is 0 Å². The fourth-order valence-electron chi connectivity index (χ4n) is 2.89. The number of aliphatic hydroxyl groups is 1. The van der Waals surface area contributed by atoms with Gasteiger partial charge < -0.3 is 15.3 Å². The first-order chi connectivity index (χ1) is 14.8. The molecule has 0 aliphatic carbocycles. The van der Waals surface area contributed by atoms with Crippen LogP contribution in [0, 0.1) is 0 Å². The van der Waals surface area contributed by atoms with E-state index in [0.717, 1.165) is 41.8 Å². The van der Waals surface area contributed by atoms with E-state index >= 15 is 0 Å². The summed E-state index contributed by atoms with van der Waals surface area (Å²) in [7, 11) is 0. The van der Waals surface area contributed by atoms with E-state index in [1.165, 1.54) is 11.1 Å². The summed E-state index contributed by atoms with van der Waals surface area (Å²) in [4.78, 5) is 22.3. The minimum absolute atomic E-state index is 0.284. The Morgan fingerprint density at radius 2 is 1.48 bits per heavy atom. The average Bonchev–Trinajstić information content (AvgIpc) is 2.77. The highest BCUT2D eigenvalue weighted by Gasteiger charge is 2.06. The topological polar surface area (TPSA) is 108 Å². The monoisotopic (exact) mass is 441 g/mol. The Labute approximate surface area is 185 Å². The highest BCUT2D eigenvalue weighted by molar-refractivity contribution is 6.30. The molecule has 0 saturated carbocycles. The van der Waals surface area contributed by atoms with E-state index < -0.39 is 11.9 Å². The zero-order valence-corrected chi connectivity index (χ0v) is 17.6. The molecule has 0 fully saturated rings. The molecule has 162 valence electrons. The van der Waals surface area contributed by atoms with E-state index in [1.54, 1.807) is 6.20 Å². The third kappa shape index (κ3) is 8.99. The summed E-state index contributed by atoms with van der Waals surface area (Å²) in [5.41, 5.74) is 4.69. The number of hydrogen-bond donors (Lipinski definition) is 3. The number of carbonyl (C=O) groups is 2. The van der Waals surface area contributed by atoms with Gasteiger partial charge in [0.15, 0.2) is 0 Å². The van der Waals surface area contributed by atoms with E-state index in [4.69, 9.17) is 31.4 Å². The maximum atomic E-state index is 10.2. The van der Waals surface area contributed by atoms with E-state index in [-0.39, 0.29) is 6.10 Å². The molecule has 0 radical (unpaired) electrons. The SMILES string of the molecule is O=C(O)C(=O)O.OC(CCc1ccc(-c2cccc(Cl)c2)cc1)CCc1cccnc1. The van der Waals surface area contributed by atoms with E-state index in [1.807, 2.05) is 36.5 Å². The normalized spacial score (nSPS) is 11.2. The lowest BCUT2D eigenvalue weighted by Gasteiger charge is -2.11. The Bertz CT molecular complexity index is 965. The Morgan fingerprint density at radius 1 is 0.839 bits per heavy atom. The molecular weight excluding hydrogens is 418 g/mol. The molecule has 2 aromatic carbocycles. The third-order valence-corrected chi connectivity index (χ3v) is 4.79. The van der Waals surface area contributed by atoms with E-state index in [2.05, 4.69) is 35.3 Å². The number of halogens is 1. The first kappa shape index (κ1) is 24.1. The average molecular weight is 442 g/mol. The maximum absolute atomic E-state index is 10.2. The summed E-state index contributed by atoms with van der Waals surface area (Å²) >= 11 is 6.05. The lowest BCUT2D eigenvalue weighted by atomic mass is 9.99. The van der Waals surface area contributed by atoms with Crippen LogP contribution in [0.15, 0.2) is 73.1 Å². The van der Waals surface area contributed by atoms with Crippen molar-refractivity contribution in [1.82, 2.24) is 4.98 Å². The predicted molar refractivity (Wildman–Crippen MR) is 119 cm³/mol. The molecule has 31 heavy (non-hydrogen) atoms. The summed E-state index contributed by atoms with van der Waals surface area (Å²) in [6, 6.07) is 20.3. The van der Waals surface area contributed by atoms with Crippen molar-refractivity contribution >= 4 is 23.5 Å². The number of aryl methyl sites for hydroxylation is 2. The predicted octanol–water partition coefficient (Wildman–Crippen LogP) is 4.48. The molecule has 1 heterocycles. The Balaban J connectivity index is 0.000000501. The van der Waals surface area contributed by atoms with Crippen molar-refractivity contribution in [3.8, 4) is 11.1 Å². The van der Waals surface area contributed by atoms with Crippen LogP contribution in [0.5, 0.6) is 0 Å². The second-order valence-corrected chi connectivity index (χ2v) is 7.35. The van der Waals surface area contributed by atoms with Crippen LogP contribution in [-0.2, 0) is 22.4 Å². The highest BCUT2D eigenvalue weighted by Crippen LogP contribution is 2.23. The van der Waals surface area contributed by atoms with Gasteiger partial charge in [0.05, 0.1) is 6.10 Å². The molecule has 0 bridgehead atoms. The second-order valence-electron chi connectivity index (χ2n) is 6.91. The van der Waals surface area contributed by atoms with Crippen LogP contribution in [-0.4, -0.2) is 38.3 Å². The van der Waals surface area contributed by atoms with Crippen molar-refractivity contribution in [1.29, 1.82) is 0 Å². The summed E-state index contributed by atoms with van der Waals surface area (Å²) in [5, 5.41) is 25.7. The summed E-state index contributed by atoms with van der Waals surface area (Å²) in [6.45, 7) is 0. The molecule has 0 saturated heterocycles. The molecule has 3 aromatic rings. The number of carboxylic acids is 2. The van der Waals surface area contributed by atoms with Crippen LogP contribution in [0.25, 0.3) is 11.1 Å². The molecular formula is C24H24ClNO5. The minimum Gasteiger partial charge on any atom is -0.473 e. The van der Waals surface area contributed by atoms with E-state index in [9.17, 15) is 5.11 Å². The molecule has 1 unspecified atom stereocenters. The molecule has 0 amide bonds. The molecule has 0 aliphatic heterocycles. The minimum atomic E-state index is -1.82. The number of benzene rings is 2. The fourth-order valence-corrected chi connectivity index (χ4v) is 3.08. The number of nitrogens with zero attached hydrogens (tertiary/aromatic N) is 1. The Kier molecular flexibility index (Phi) is 9.68. The lowest BCUT2D eigenvalue weighted by molar-refractivity contribution is -0.159. The quantitative estimate of drug-likeness (QED) is 0.466. The lowest BCUT2D eigenvalue weighted by Crippen LogP contribution is -2.09. The number of carboxylic acid groups (broad SMARTS) is 2. The van der Waals surface area contributed by atoms with Crippen molar-refractivity contribution < 1.29 is 24.9 Å². The standard InChI is InChI=1S/C22H22ClNO.C2H2O4/c23-21-5-1-4-20(15-21)19-10-6-17(7-11-19)8-12-22(25)13-9-18-3-2-14-24-16-18;3-1(4)2(5)6/h1-7,10-11,14-16,22,25H,8-9,12-13H2;(H,3,4)(H,5,6). The first-order valence-corrected chi connectivity index (χ1v) is 10.1. The Morgan fingerprint density at radius 3 is 2.03 bits per heavy atom. The fraction of sp³-hybridized carbons (Fsp3) is 0.208. The molecule has 3 N–H and O–H groups in total. The zero-order valence-electron chi connectivity index (χ0n) is 16.8. The number of pyridine rings is 1. The van der Waals surface area contributed by atoms with Crippen LogP contribution in [0.1, 0.15) is 24.0 Å². The van der Waals surface area contributed by atoms with Crippen molar-refractivity contribution in [3.05, 3.63) is 89.2 Å². The second kappa shape index (κ2) is 12.5. The van der Waals surface area contributed by atoms with Gasteiger partial charge in [0, 0.05) is 17.4 Å². The number of aliphatic hydroxyl groups excluding tert-OH is 1. The van der Waals surface area contributed by atoms with Crippen molar-refractivity contribution in [2.45, 2.75) is 31.8 Å². The first-order valence-electron chi connectivity index (χ1n) is 9.73. The number of aliphatic carboxylic acids is 2. The van der Waals surface area contributed by atoms with Gasteiger partial charge in [-0.25, -0.2) is 9.59 Å². The van der Waals surface area contributed by atoms with Crippen LogP contribution in [0.4, 0.5) is 0 Å². The van der Waals surface area contributed by atoms with Crippen molar-refractivity contribution in [2.24, 2.45) is 0 Å². The smallest absolute Gasteiger partial charge is 0.414 e. The number of hydrogen-bond acceptors (Lipinski definition) is 4. The van der Waals surface area contributed by atoms with Crippen LogP contribution in [0.2, 0.25) is 5.02 Å². The van der Waals surface area contributed by atoms with Crippen LogP contribution < -0.4 is 0 Å². The van der Waals surface area contributed by atoms with Gasteiger partial charge in [0.1, 0.15) is 0 Å². The highest BCUT2D eigenvalue weighted by atomic mass is 35.5. The maximum Gasteiger partial charge on any atom is 0.414 e. The van der Waals surface area contributed by atoms with Gasteiger partial charge in [-0.05, 0) is 66.1 Å². The van der Waals surface area contributed by atoms with Crippen molar-refractivity contribution in [3.63, 3.8) is 0 Å². The van der Waals surface area contributed by atoms with Gasteiger partial charge in [-0.15, -0.1) is 0 Å². The van der Waals surface area contributed by atoms with Gasteiger partial charge in [-0.1, -0.05) is 54.1 Å². The Hall–Kier alpha value is -3.22. The molecule has 0 spiro atoms. The van der Waals surface area contributed by atoms with Gasteiger partial charge in [0.25, 0.3) is 0 Å². The summed E-state index contributed by atoms with van der Waals surface area (Å²) in [6.07, 6.45) is 6.64. The third-order valence-electron chi connectivity index (χ3n) is 4.55. The largest absolute Gasteiger partial charge is 0.473 e. The number of rotatable bonds is 7. The molecule has 1 aromatic heterocycles. The molecule has 6 nitrogen and oxygen atoms in total. The number of aromatic nitrogens is 1.